The molecule has 0 aliphatic carbocycles. The van der Waals surface area contributed by atoms with Gasteiger partial charge in [0, 0.05) is 12.1 Å². The van der Waals surface area contributed by atoms with Crippen LogP contribution < -0.4 is 0 Å². The second-order valence-electron chi connectivity index (χ2n) is 6.30. The van der Waals surface area contributed by atoms with Crippen LogP contribution in [0.5, 0.6) is 0 Å². The van der Waals surface area contributed by atoms with Crippen LogP contribution in [0.4, 0.5) is 0 Å². The van der Waals surface area contributed by atoms with Crippen molar-refractivity contribution in [1.82, 2.24) is 9.88 Å². The number of benzene rings is 2. The fourth-order valence-corrected chi connectivity index (χ4v) is 3.11. The van der Waals surface area contributed by atoms with Crippen molar-refractivity contribution < 1.29 is 13.9 Å². The Morgan fingerprint density at radius 1 is 1.08 bits per heavy atom. The normalized spacial score (nSPS) is 17.2. The van der Waals surface area contributed by atoms with Gasteiger partial charge in [-0.25, -0.2) is 4.98 Å². The Labute approximate surface area is 152 Å². The van der Waals surface area contributed by atoms with E-state index < -0.39 is 0 Å². The Morgan fingerprint density at radius 3 is 2.58 bits per heavy atom. The molecule has 5 nitrogen and oxygen atoms in total. The van der Waals surface area contributed by atoms with Gasteiger partial charge in [0.1, 0.15) is 12.4 Å². The molecule has 0 saturated carbocycles. The lowest BCUT2D eigenvalue weighted by Crippen LogP contribution is -2.43. The number of hydrogen-bond donors (Lipinski definition) is 0. The summed E-state index contributed by atoms with van der Waals surface area (Å²) in [6, 6.07) is 19.7. The molecule has 2 aromatic carbocycles. The van der Waals surface area contributed by atoms with Gasteiger partial charge in [-0.15, -0.1) is 0 Å². The molecule has 1 aliphatic rings. The third-order valence-corrected chi connectivity index (χ3v) is 4.50. The van der Waals surface area contributed by atoms with Gasteiger partial charge in [0.2, 0.25) is 11.8 Å². The quantitative estimate of drug-likeness (QED) is 0.724. The fourth-order valence-electron chi connectivity index (χ4n) is 3.11. The van der Waals surface area contributed by atoms with Crippen molar-refractivity contribution in [2.75, 3.05) is 19.7 Å². The maximum Gasteiger partial charge on any atom is 0.228 e. The van der Waals surface area contributed by atoms with Crippen LogP contribution in [0.1, 0.15) is 17.4 Å². The molecule has 4 rings (SSSR count). The van der Waals surface area contributed by atoms with Crippen LogP contribution in [0.15, 0.2) is 71.3 Å². The van der Waals surface area contributed by atoms with Crippen LogP contribution in [0.25, 0.3) is 11.5 Å². The van der Waals surface area contributed by atoms with Crippen molar-refractivity contribution >= 4 is 5.91 Å². The molecule has 1 atom stereocenters. The molecule has 1 aliphatic heterocycles. The molecular weight excluding hydrogens is 328 g/mol. The lowest BCUT2D eigenvalue weighted by molar-refractivity contribution is -0.138. The summed E-state index contributed by atoms with van der Waals surface area (Å²) in [6.07, 6.45) is 1.72. The molecule has 0 N–H and O–H groups in total. The molecule has 1 aromatic heterocycles. The second-order valence-corrected chi connectivity index (χ2v) is 6.30. The molecule has 3 aromatic rings. The summed E-state index contributed by atoms with van der Waals surface area (Å²) in [5, 5.41) is 0. The van der Waals surface area contributed by atoms with E-state index in [9.17, 15) is 4.79 Å². The first-order valence-corrected chi connectivity index (χ1v) is 8.74. The zero-order valence-corrected chi connectivity index (χ0v) is 14.4. The minimum Gasteiger partial charge on any atom is -0.444 e. The Morgan fingerprint density at radius 2 is 1.81 bits per heavy atom. The van der Waals surface area contributed by atoms with Crippen LogP contribution in [0.3, 0.4) is 0 Å². The average molecular weight is 348 g/mol. The Hall–Kier alpha value is -2.92. The van der Waals surface area contributed by atoms with E-state index >= 15 is 0 Å². The van der Waals surface area contributed by atoms with E-state index in [0.29, 0.717) is 31.3 Å². The number of carbonyl (C=O) groups excluding carboxylic acids is 1. The molecule has 0 bridgehead atoms. The Kier molecular flexibility index (Phi) is 4.80. The van der Waals surface area contributed by atoms with Gasteiger partial charge in [0.05, 0.1) is 25.3 Å². The van der Waals surface area contributed by atoms with Gasteiger partial charge in [-0.2, -0.15) is 0 Å². The number of hydrogen-bond acceptors (Lipinski definition) is 4. The van der Waals surface area contributed by atoms with Gasteiger partial charge in [-0.05, 0) is 17.7 Å². The zero-order valence-electron chi connectivity index (χ0n) is 14.4. The zero-order chi connectivity index (χ0) is 17.8. The van der Waals surface area contributed by atoms with E-state index in [0.717, 1.165) is 11.1 Å². The Bertz CT molecular complexity index is 861. The number of carbonyl (C=O) groups is 1. The summed E-state index contributed by atoms with van der Waals surface area (Å²) in [7, 11) is 0. The van der Waals surface area contributed by atoms with Gasteiger partial charge in [-0.1, -0.05) is 48.5 Å². The summed E-state index contributed by atoms with van der Waals surface area (Å²) in [5.74, 6) is 0.583. The maximum atomic E-state index is 12.7. The number of amides is 1. The van der Waals surface area contributed by atoms with E-state index in [-0.39, 0.29) is 18.4 Å². The monoisotopic (exact) mass is 348 g/mol. The third kappa shape index (κ3) is 3.68. The lowest BCUT2D eigenvalue weighted by atomic mass is 10.1. The van der Waals surface area contributed by atoms with Crippen LogP contribution in [-0.4, -0.2) is 35.5 Å². The van der Waals surface area contributed by atoms with Crippen molar-refractivity contribution in [2.45, 2.75) is 12.5 Å². The first-order valence-electron chi connectivity index (χ1n) is 8.74. The summed E-state index contributed by atoms with van der Waals surface area (Å²) < 4.78 is 11.4. The molecule has 132 valence electrons. The van der Waals surface area contributed by atoms with Crippen molar-refractivity contribution in [3.63, 3.8) is 0 Å². The lowest BCUT2D eigenvalue weighted by Gasteiger charge is -2.33. The summed E-state index contributed by atoms with van der Waals surface area (Å²) in [4.78, 5) is 19.0. The van der Waals surface area contributed by atoms with Crippen LogP contribution in [-0.2, 0) is 16.0 Å². The topological polar surface area (TPSA) is 55.6 Å². The predicted octanol–water partition coefficient (Wildman–Crippen LogP) is 3.48. The van der Waals surface area contributed by atoms with Gasteiger partial charge in [0.15, 0.2) is 0 Å². The average Bonchev–Trinajstić information content (AvgIpc) is 3.18. The first kappa shape index (κ1) is 16.5. The van der Waals surface area contributed by atoms with E-state index in [1.165, 1.54) is 0 Å². The van der Waals surface area contributed by atoms with Crippen molar-refractivity contribution in [3.05, 3.63) is 78.2 Å². The van der Waals surface area contributed by atoms with Crippen molar-refractivity contribution in [2.24, 2.45) is 0 Å². The molecule has 0 spiro atoms. The molecule has 1 fully saturated rings. The van der Waals surface area contributed by atoms with Crippen LogP contribution in [0.2, 0.25) is 0 Å². The second kappa shape index (κ2) is 7.54. The smallest absolute Gasteiger partial charge is 0.228 e. The highest BCUT2D eigenvalue weighted by Crippen LogP contribution is 2.23. The van der Waals surface area contributed by atoms with E-state index in [1.54, 1.807) is 6.26 Å². The fraction of sp³-hybridized carbons (Fsp3) is 0.238. The number of aromatic nitrogens is 1. The molecule has 2 heterocycles. The number of oxazole rings is 1. The molecule has 0 unspecified atom stereocenters. The van der Waals surface area contributed by atoms with Crippen LogP contribution >= 0.6 is 0 Å². The van der Waals surface area contributed by atoms with Gasteiger partial charge in [-0.3, -0.25) is 4.79 Å². The van der Waals surface area contributed by atoms with Gasteiger partial charge >= 0.3 is 0 Å². The summed E-state index contributed by atoms with van der Waals surface area (Å²) in [6.45, 7) is 1.71. The number of ether oxygens (including phenoxy) is 1. The maximum absolute atomic E-state index is 12.7. The number of nitrogens with zero attached hydrogens (tertiary/aromatic N) is 2. The molecule has 1 saturated heterocycles. The third-order valence-electron chi connectivity index (χ3n) is 4.50. The standard InChI is InChI=1S/C21H20N2O3/c24-20(13-18-15-26-21(22-18)17-9-5-2-6-10-17)23-11-12-25-19(14-23)16-7-3-1-4-8-16/h1-10,15,19H,11-14H2/t19-/m1/s1. The minimum atomic E-state index is -0.0777. The van der Waals surface area contributed by atoms with Crippen LogP contribution in [0, 0.1) is 0 Å². The summed E-state index contributed by atoms with van der Waals surface area (Å²) in [5.41, 5.74) is 2.65. The minimum absolute atomic E-state index is 0.0437. The molecular formula is C21H20N2O3. The number of morpholine rings is 1. The molecule has 26 heavy (non-hydrogen) atoms. The highest BCUT2D eigenvalue weighted by atomic mass is 16.5. The SMILES string of the molecule is O=C(Cc1coc(-c2ccccc2)n1)N1CCO[C@@H](c2ccccc2)C1. The highest BCUT2D eigenvalue weighted by Gasteiger charge is 2.26. The molecule has 0 radical (unpaired) electrons. The van der Waals surface area contributed by atoms with E-state index in [2.05, 4.69) is 4.98 Å². The molecule has 1 amide bonds. The van der Waals surface area contributed by atoms with Crippen molar-refractivity contribution in [3.8, 4) is 11.5 Å². The largest absolute Gasteiger partial charge is 0.444 e. The number of rotatable bonds is 4. The summed E-state index contributed by atoms with van der Waals surface area (Å²) >= 11 is 0. The first-order chi connectivity index (χ1) is 12.8. The van der Waals surface area contributed by atoms with Gasteiger partial charge in [0.25, 0.3) is 0 Å². The predicted molar refractivity (Wildman–Crippen MR) is 97.4 cm³/mol. The Balaban J connectivity index is 1.41. The van der Waals surface area contributed by atoms with Gasteiger partial charge < -0.3 is 14.1 Å². The van der Waals surface area contributed by atoms with Crippen molar-refractivity contribution in [1.29, 1.82) is 0 Å². The van der Waals surface area contributed by atoms with E-state index in [4.69, 9.17) is 9.15 Å². The van der Waals surface area contributed by atoms with E-state index in [1.807, 2.05) is 65.6 Å². The highest BCUT2D eigenvalue weighted by molar-refractivity contribution is 5.78. The molecule has 5 heteroatoms.